The number of hydrogen-bond acceptors (Lipinski definition) is 6. The first-order valence-electron chi connectivity index (χ1n) is 6.56. The first-order valence-corrected chi connectivity index (χ1v) is 6.56. The van der Waals surface area contributed by atoms with E-state index >= 15 is 0 Å². The highest BCUT2D eigenvalue weighted by atomic mass is 16.1. The van der Waals surface area contributed by atoms with Crippen molar-refractivity contribution in [2.24, 2.45) is 5.73 Å². The molecule has 1 aromatic rings. The Morgan fingerprint density at radius 2 is 2.20 bits per heavy atom. The summed E-state index contributed by atoms with van der Waals surface area (Å²) in [5, 5.41) is 3.19. The molecule has 0 fully saturated rings. The molecule has 0 saturated heterocycles. The number of hydrogen-bond donors (Lipinski definition) is 4. The Kier molecular flexibility index (Phi) is 3.89. The maximum atomic E-state index is 11.6. The third-order valence-corrected chi connectivity index (χ3v) is 3.14. The zero-order valence-electron chi connectivity index (χ0n) is 12.1. The Morgan fingerprint density at radius 3 is 2.70 bits per heavy atom. The molecule has 1 unspecified atom stereocenters. The van der Waals surface area contributed by atoms with Crippen LogP contribution in [0.15, 0.2) is 17.6 Å². The second-order valence-corrected chi connectivity index (χ2v) is 5.16. The molecule has 1 aliphatic rings. The van der Waals surface area contributed by atoms with Crippen LogP contribution in [0.5, 0.6) is 0 Å². The van der Waals surface area contributed by atoms with Gasteiger partial charge in [0.25, 0.3) is 5.91 Å². The van der Waals surface area contributed by atoms with Crippen LogP contribution in [0.2, 0.25) is 0 Å². The van der Waals surface area contributed by atoms with Crippen LogP contribution in [0.1, 0.15) is 49.9 Å². The molecule has 2 heterocycles. The number of nitrogens with two attached hydrogens (primary N) is 1. The predicted octanol–water partition coefficient (Wildman–Crippen LogP) is 0.839. The van der Waals surface area contributed by atoms with E-state index in [1.807, 2.05) is 27.7 Å². The molecule has 2 rings (SSSR count). The van der Waals surface area contributed by atoms with E-state index in [2.05, 4.69) is 26.1 Å². The number of amides is 1. The van der Waals surface area contributed by atoms with Gasteiger partial charge in [0.1, 0.15) is 5.82 Å². The largest absolute Gasteiger partial charge is 0.364 e. The molecule has 1 atom stereocenters. The van der Waals surface area contributed by atoms with Gasteiger partial charge < -0.3 is 16.5 Å². The number of hydrazine groups is 1. The Morgan fingerprint density at radius 1 is 1.50 bits per heavy atom. The lowest BCUT2D eigenvalue weighted by Crippen LogP contribution is -2.31. The fourth-order valence-corrected chi connectivity index (χ4v) is 1.98. The lowest BCUT2D eigenvalue weighted by Gasteiger charge is -2.15. The number of nitrogens with zero attached hydrogens (tertiary/aromatic N) is 2. The van der Waals surface area contributed by atoms with E-state index in [-0.39, 0.29) is 17.7 Å². The molecule has 7 heteroatoms. The zero-order chi connectivity index (χ0) is 14.9. The average Bonchev–Trinajstić information content (AvgIpc) is 2.70. The van der Waals surface area contributed by atoms with E-state index in [1.54, 1.807) is 6.20 Å². The number of nitrogens with one attached hydrogen (secondary N) is 3. The summed E-state index contributed by atoms with van der Waals surface area (Å²) >= 11 is 0. The van der Waals surface area contributed by atoms with Crippen LogP contribution < -0.4 is 21.9 Å². The average molecular weight is 276 g/mol. The second kappa shape index (κ2) is 5.46. The van der Waals surface area contributed by atoms with Crippen molar-refractivity contribution >= 4 is 11.6 Å². The SMILES string of the molecule is CC1=C(Nc2cnc(C(C)C)nc2C(N)=O)C(C)NN1. The molecule has 0 spiro atoms. The molecule has 1 aliphatic heterocycles. The zero-order valence-corrected chi connectivity index (χ0v) is 12.1. The second-order valence-electron chi connectivity index (χ2n) is 5.16. The minimum Gasteiger partial charge on any atom is -0.364 e. The predicted molar refractivity (Wildman–Crippen MR) is 76.7 cm³/mol. The van der Waals surface area contributed by atoms with Gasteiger partial charge in [-0.25, -0.2) is 15.4 Å². The van der Waals surface area contributed by atoms with Crippen LogP contribution in [0, 0.1) is 0 Å². The van der Waals surface area contributed by atoms with Gasteiger partial charge in [-0.05, 0) is 13.8 Å². The van der Waals surface area contributed by atoms with Gasteiger partial charge >= 0.3 is 0 Å². The maximum absolute atomic E-state index is 11.6. The summed E-state index contributed by atoms with van der Waals surface area (Å²) in [5.41, 5.74) is 14.1. The molecule has 1 amide bonds. The summed E-state index contributed by atoms with van der Waals surface area (Å²) in [6.45, 7) is 7.87. The molecule has 0 bridgehead atoms. The number of aromatic nitrogens is 2. The van der Waals surface area contributed by atoms with Crippen molar-refractivity contribution in [3.05, 3.63) is 29.1 Å². The third kappa shape index (κ3) is 2.72. The van der Waals surface area contributed by atoms with Gasteiger partial charge in [0.05, 0.1) is 23.6 Å². The molecule has 0 saturated carbocycles. The van der Waals surface area contributed by atoms with Crippen molar-refractivity contribution in [2.45, 2.75) is 39.7 Å². The highest BCUT2D eigenvalue weighted by molar-refractivity contribution is 5.96. The van der Waals surface area contributed by atoms with Crippen LogP contribution in [0.4, 0.5) is 5.69 Å². The van der Waals surface area contributed by atoms with Gasteiger partial charge in [0.15, 0.2) is 5.69 Å². The van der Waals surface area contributed by atoms with Gasteiger partial charge in [-0.3, -0.25) is 4.79 Å². The van der Waals surface area contributed by atoms with Crippen molar-refractivity contribution < 1.29 is 4.79 Å². The van der Waals surface area contributed by atoms with Crippen molar-refractivity contribution in [3.8, 4) is 0 Å². The van der Waals surface area contributed by atoms with E-state index in [0.717, 1.165) is 11.4 Å². The summed E-state index contributed by atoms with van der Waals surface area (Å²) in [6, 6.07) is 0.0977. The van der Waals surface area contributed by atoms with Crippen molar-refractivity contribution in [3.63, 3.8) is 0 Å². The first kappa shape index (κ1) is 14.3. The molecule has 0 aliphatic carbocycles. The van der Waals surface area contributed by atoms with E-state index in [1.165, 1.54) is 0 Å². The number of primary amides is 1. The monoisotopic (exact) mass is 276 g/mol. The summed E-state index contributed by atoms with van der Waals surface area (Å²) in [7, 11) is 0. The standard InChI is InChI=1S/C13H20N6O/c1-6(2)13-15-5-9(11(17-13)12(14)20)16-10-7(3)18-19-8(10)4/h5-7,16,18-19H,1-4H3,(H2,14,20). The molecule has 0 radical (unpaired) electrons. The lowest BCUT2D eigenvalue weighted by atomic mass is 10.2. The van der Waals surface area contributed by atoms with E-state index in [0.29, 0.717) is 11.5 Å². The van der Waals surface area contributed by atoms with Crippen LogP contribution >= 0.6 is 0 Å². The van der Waals surface area contributed by atoms with Crippen LogP contribution in [-0.4, -0.2) is 21.9 Å². The summed E-state index contributed by atoms with van der Waals surface area (Å²) in [5.74, 6) is 0.171. The number of anilines is 1. The van der Waals surface area contributed by atoms with Gasteiger partial charge in [-0.15, -0.1) is 0 Å². The molecular weight excluding hydrogens is 256 g/mol. The van der Waals surface area contributed by atoms with Gasteiger partial charge in [-0.2, -0.15) is 0 Å². The number of carbonyl (C=O) groups is 1. The minimum atomic E-state index is -0.568. The maximum Gasteiger partial charge on any atom is 0.269 e. The topological polar surface area (TPSA) is 105 Å². The molecule has 0 aromatic carbocycles. The Labute approximate surface area is 118 Å². The minimum absolute atomic E-state index is 0.0977. The quantitative estimate of drug-likeness (QED) is 0.649. The summed E-state index contributed by atoms with van der Waals surface area (Å²) in [6.07, 6.45) is 1.60. The van der Waals surface area contributed by atoms with Crippen molar-refractivity contribution in [1.82, 2.24) is 20.8 Å². The summed E-state index contributed by atoms with van der Waals surface area (Å²) in [4.78, 5) is 20.1. The van der Waals surface area contributed by atoms with Crippen LogP contribution in [0.25, 0.3) is 0 Å². The van der Waals surface area contributed by atoms with Crippen molar-refractivity contribution in [1.29, 1.82) is 0 Å². The molecule has 5 N–H and O–H groups in total. The number of rotatable bonds is 4. The number of carbonyl (C=O) groups excluding carboxylic acids is 1. The van der Waals surface area contributed by atoms with Crippen LogP contribution in [0.3, 0.4) is 0 Å². The first-order chi connectivity index (χ1) is 9.40. The molecule has 1 aromatic heterocycles. The van der Waals surface area contributed by atoms with E-state index < -0.39 is 5.91 Å². The molecule has 7 nitrogen and oxygen atoms in total. The molecule has 20 heavy (non-hydrogen) atoms. The molecule has 108 valence electrons. The smallest absolute Gasteiger partial charge is 0.269 e. The van der Waals surface area contributed by atoms with Crippen molar-refractivity contribution in [2.75, 3.05) is 5.32 Å². The van der Waals surface area contributed by atoms with Gasteiger partial charge in [-0.1, -0.05) is 13.8 Å². The van der Waals surface area contributed by atoms with Crippen LogP contribution in [-0.2, 0) is 0 Å². The molecular formula is C13H20N6O. The third-order valence-electron chi connectivity index (χ3n) is 3.14. The van der Waals surface area contributed by atoms with Gasteiger partial charge in [0.2, 0.25) is 0 Å². The Balaban J connectivity index is 2.37. The summed E-state index contributed by atoms with van der Waals surface area (Å²) < 4.78 is 0. The highest BCUT2D eigenvalue weighted by Crippen LogP contribution is 2.21. The highest BCUT2D eigenvalue weighted by Gasteiger charge is 2.21. The lowest BCUT2D eigenvalue weighted by molar-refractivity contribution is 0.0996. The van der Waals surface area contributed by atoms with E-state index in [9.17, 15) is 4.79 Å². The van der Waals surface area contributed by atoms with E-state index in [4.69, 9.17) is 5.73 Å². The fourth-order valence-electron chi connectivity index (χ4n) is 1.98. The Bertz CT molecular complexity index is 566. The van der Waals surface area contributed by atoms with Gasteiger partial charge in [0, 0.05) is 11.6 Å². The normalized spacial score (nSPS) is 18.4. The number of allylic oxidation sites excluding steroid dienone is 1. The Hall–Kier alpha value is -2.15. The fraction of sp³-hybridized carbons (Fsp3) is 0.462.